The average molecular weight is 256 g/mol. The minimum absolute atomic E-state index is 0.818. The molecule has 0 amide bonds. The van der Waals surface area contributed by atoms with Gasteiger partial charge in [0, 0.05) is 26.2 Å². The fraction of sp³-hybridized carbons (Fsp3) is 0.375. The number of nitrogens with zero attached hydrogens (tertiary/aromatic N) is 5. The van der Waals surface area contributed by atoms with Gasteiger partial charge in [-0.25, -0.2) is 4.98 Å². The lowest BCUT2D eigenvalue weighted by atomic mass is 10.4. The first-order valence-electron chi connectivity index (χ1n) is 4.27. The lowest BCUT2D eigenvalue weighted by Crippen LogP contribution is -2.06. The van der Waals surface area contributed by atoms with E-state index in [9.17, 15) is 0 Å². The number of hydrogen-bond donors (Lipinski definition) is 0. The molecule has 2 aromatic heterocycles. The SMILES string of the molecule is Cn1ncnc1CCn1ccc(Br)n1. The zero-order valence-corrected chi connectivity index (χ0v) is 9.35. The minimum Gasteiger partial charge on any atom is -0.271 e. The van der Waals surface area contributed by atoms with Crippen molar-refractivity contribution >= 4 is 15.9 Å². The highest BCUT2D eigenvalue weighted by Crippen LogP contribution is 2.04. The molecule has 6 heteroatoms. The monoisotopic (exact) mass is 255 g/mol. The standard InChI is InChI=1S/C8H10BrN5/c1-13-8(10-6-11-13)3-5-14-4-2-7(9)12-14/h2,4,6H,3,5H2,1H3. The lowest BCUT2D eigenvalue weighted by molar-refractivity contribution is 0.576. The summed E-state index contributed by atoms with van der Waals surface area (Å²) in [5.41, 5.74) is 0. The molecule has 0 saturated heterocycles. The van der Waals surface area contributed by atoms with Crippen molar-refractivity contribution < 1.29 is 0 Å². The first kappa shape index (κ1) is 9.39. The van der Waals surface area contributed by atoms with Crippen LogP contribution in [-0.4, -0.2) is 24.5 Å². The van der Waals surface area contributed by atoms with Crippen LogP contribution < -0.4 is 0 Å². The van der Waals surface area contributed by atoms with Crippen LogP contribution >= 0.6 is 15.9 Å². The Hall–Kier alpha value is -1.17. The molecular weight excluding hydrogens is 246 g/mol. The van der Waals surface area contributed by atoms with E-state index in [1.807, 2.05) is 24.0 Å². The third kappa shape index (κ3) is 2.01. The highest BCUT2D eigenvalue weighted by Gasteiger charge is 2.01. The van der Waals surface area contributed by atoms with E-state index in [-0.39, 0.29) is 0 Å². The van der Waals surface area contributed by atoms with Gasteiger partial charge in [0.25, 0.3) is 0 Å². The largest absolute Gasteiger partial charge is 0.271 e. The van der Waals surface area contributed by atoms with Gasteiger partial charge in [0.15, 0.2) is 0 Å². The molecule has 5 nitrogen and oxygen atoms in total. The van der Waals surface area contributed by atoms with Gasteiger partial charge in [-0.3, -0.25) is 9.36 Å². The molecule has 0 aromatic carbocycles. The molecule has 0 aliphatic heterocycles. The van der Waals surface area contributed by atoms with Crippen LogP contribution in [0.2, 0.25) is 0 Å². The Kier molecular flexibility index (Phi) is 2.62. The Morgan fingerprint density at radius 3 is 2.93 bits per heavy atom. The van der Waals surface area contributed by atoms with Gasteiger partial charge in [0.1, 0.15) is 16.8 Å². The first-order valence-corrected chi connectivity index (χ1v) is 5.07. The third-order valence-corrected chi connectivity index (χ3v) is 2.40. The molecule has 0 aliphatic carbocycles. The summed E-state index contributed by atoms with van der Waals surface area (Å²) in [6.07, 6.45) is 4.33. The van der Waals surface area contributed by atoms with Crippen LogP contribution in [0.4, 0.5) is 0 Å². The lowest BCUT2D eigenvalue weighted by Gasteiger charge is -2.00. The van der Waals surface area contributed by atoms with Gasteiger partial charge in [-0.05, 0) is 22.0 Å². The summed E-state index contributed by atoms with van der Waals surface area (Å²) in [4.78, 5) is 4.14. The number of aryl methyl sites for hydroxylation is 3. The van der Waals surface area contributed by atoms with Crippen molar-refractivity contribution in [1.82, 2.24) is 24.5 Å². The molecule has 0 radical (unpaired) electrons. The molecule has 2 heterocycles. The van der Waals surface area contributed by atoms with Crippen molar-refractivity contribution in [2.45, 2.75) is 13.0 Å². The molecule has 2 aromatic rings. The molecule has 2 rings (SSSR count). The van der Waals surface area contributed by atoms with Crippen LogP contribution in [0.3, 0.4) is 0 Å². The molecule has 0 atom stereocenters. The predicted molar refractivity (Wildman–Crippen MR) is 54.6 cm³/mol. The molecule has 0 spiro atoms. The molecule has 0 aliphatic rings. The van der Waals surface area contributed by atoms with Crippen LogP contribution in [0.25, 0.3) is 0 Å². The van der Waals surface area contributed by atoms with Gasteiger partial charge >= 0.3 is 0 Å². The molecule has 14 heavy (non-hydrogen) atoms. The quantitative estimate of drug-likeness (QED) is 0.823. The molecule has 0 bridgehead atoms. The summed E-state index contributed by atoms with van der Waals surface area (Å²) >= 11 is 3.30. The maximum absolute atomic E-state index is 4.22. The van der Waals surface area contributed by atoms with Crippen molar-refractivity contribution in [1.29, 1.82) is 0 Å². The molecule has 0 saturated carbocycles. The Morgan fingerprint density at radius 1 is 1.50 bits per heavy atom. The molecule has 0 N–H and O–H groups in total. The summed E-state index contributed by atoms with van der Waals surface area (Å²) in [6, 6.07) is 1.91. The van der Waals surface area contributed by atoms with Crippen molar-refractivity contribution in [2.24, 2.45) is 7.05 Å². The average Bonchev–Trinajstić information content (AvgIpc) is 2.72. The zero-order chi connectivity index (χ0) is 9.97. The van der Waals surface area contributed by atoms with Gasteiger partial charge in [0.2, 0.25) is 0 Å². The van der Waals surface area contributed by atoms with Crippen LogP contribution in [0, 0.1) is 0 Å². The van der Waals surface area contributed by atoms with Gasteiger partial charge in [0.05, 0.1) is 0 Å². The maximum Gasteiger partial charge on any atom is 0.138 e. The molecule has 0 unspecified atom stereocenters. The summed E-state index contributed by atoms with van der Waals surface area (Å²) in [7, 11) is 1.89. The summed E-state index contributed by atoms with van der Waals surface area (Å²) in [6.45, 7) is 0.818. The van der Waals surface area contributed by atoms with Crippen LogP contribution in [0.1, 0.15) is 5.82 Å². The zero-order valence-electron chi connectivity index (χ0n) is 7.76. The second-order valence-corrected chi connectivity index (χ2v) is 3.76. The highest BCUT2D eigenvalue weighted by atomic mass is 79.9. The fourth-order valence-corrected chi connectivity index (χ4v) is 1.54. The molecular formula is C8H10BrN5. The number of aromatic nitrogens is 5. The van der Waals surface area contributed by atoms with Gasteiger partial charge in [-0.15, -0.1) is 0 Å². The van der Waals surface area contributed by atoms with E-state index in [4.69, 9.17) is 0 Å². The molecule has 74 valence electrons. The van der Waals surface area contributed by atoms with E-state index in [1.54, 1.807) is 11.0 Å². The number of rotatable bonds is 3. The second-order valence-electron chi connectivity index (χ2n) is 2.95. The van der Waals surface area contributed by atoms with E-state index in [0.717, 1.165) is 23.4 Å². The summed E-state index contributed by atoms with van der Waals surface area (Å²) in [5.74, 6) is 0.969. The normalized spacial score (nSPS) is 10.7. The Bertz CT molecular complexity index is 419. The van der Waals surface area contributed by atoms with E-state index >= 15 is 0 Å². The highest BCUT2D eigenvalue weighted by molar-refractivity contribution is 9.10. The predicted octanol–water partition coefficient (Wildman–Crippen LogP) is 1.02. The second kappa shape index (κ2) is 3.91. The Morgan fingerprint density at radius 2 is 2.36 bits per heavy atom. The minimum atomic E-state index is 0.818. The van der Waals surface area contributed by atoms with E-state index in [1.165, 1.54) is 0 Å². The first-order chi connectivity index (χ1) is 6.75. The molecule has 0 fully saturated rings. The maximum atomic E-state index is 4.22. The van der Waals surface area contributed by atoms with Crippen LogP contribution in [0.5, 0.6) is 0 Å². The van der Waals surface area contributed by atoms with Crippen LogP contribution in [-0.2, 0) is 20.0 Å². The topological polar surface area (TPSA) is 48.5 Å². The smallest absolute Gasteiger partial charge is 0.138 e. The van der Waals surface area contributed by atoms with E-state index < -0.39 is 0 Å². The third-order valence-electron chi connectivity index (χ3n) is 1.98. The summed E-state index contributed by atoms with van der Waals surface area (Å²) < 4.78 is 4.51. The number of halogens is 1. The number of hydrogen-bond acceptors (Lipinski definition) is 3. The summed E-state index contributed by atoms with van der Waals surface area (Å²) in [5, 5.41) is 8.22. The van der Waals surface area contributed by atoms with Crippen molar-refractivity contribution in [2.75, 3.05) is 0 Å². The fourth-order valence-electron chi connectivity index (χ4n) is 1.22. The van der Waals surface area contributed by atoms with E-state index in [0.29, 0.717) is 0 Å². The van der Waals surface area contributed by atoms with Crippen molar-refractivity contribution in [3.63, 3.8) is 0 Å². The van der Waals surface area contributed by atoms with Crippen LogP contribution in [0.15, 0.2) is 23.2 Å². The van der Waals surface area contributed by atoms with Gasteiger partial charge < -0.3 is 0 Å². The van der Waals surface area contributed by atoms with Crippen molar-refractivity contribution in [3.8, 4) is 0 Å². The van der Waals surface area contributed by atoms with Crippen molar-refractivity contribution in [3.05, 3.63) is 29.0 Å². The Labute approximate surface area is 89.9 Å². The Balaban J connectivity index is 1.98. The van der Waals surface area contributed by atoms with E-state index in [2.05, 4.69) is 31.1 Å². The van der Waals surface area contributed by atoms with Gasteiger partial charge in [-0.1, -0.05) is 0 Å². The van der Waals surface area contributed by atoms with Gasteiger partial charge in [-0.2, -0.15) is 10.2 Å².